The summed E-state index contributed by atoms with van der Waals surface area (Å²) in [6.07, 6.45) is 1.61. The van der Waals surface area contributed by atoms with E-state index in [1.54, 1.807) is 42.6 Å². The van der Waals surface area contributed by atoms with Gasteiger partial charge in [0, 0.05) is 28.9 Å². The van der Waals surface area contributed by atoms with Crippen LogP contribution in [0.4, 0.5) is 17.1 Å². The first kappa shape index (κ1) is 36.5. The van der Waals surface area contributed by atoms with Crippen LogP contribution in [0.15, 0.2) is 112 Å². The van der Waals surface area contributed by atoms with Gasteiger partial charge in [0.1, 0.15) is 5.82 Å². The van der Waals surface area contributed by atoms with Crippen LogP contribution in [0.5, 0.6) is 17.2 Å². The first-order chi connectivity index (χ1) is 25.0. The monoisotopic (exact) mass is 777 g/mol. The van der Waals surface area contributed by atoms with Crippen LogP contribution in [0.3, 0.4) is 0 Å². The molecule has 0 unspecified atom stereocenters. The van der Waals surface area contributed by atoms with E-state index >= 15 is 0 Å². The van der Waals surface area contributed by atoms with Gasteiger partial charge in [0.05, 0.1) is 58.5 Å². The fourth-order valence-electron chi connectivity index (χ4n) is 5.35. The van der Waals surface area contributed by atoms with Crippen LogP contribution in [0, 0.1) is 0 Å². The van der Waals surface area contributed by atoms with Gasteiger partial charge in [-0.05, 0) is 78.4 Å². The Bertz CT molecular complexity index is 2450. The third kappa shape index (κ3) is 7.80. The molecule has 0 amide bonds. The highest BCUT2D eigenvalue weighted by Gasteiger charge is 2.21. The molecule has 0 fully saturated rings. The van der Waals surface area contributed by atoms with Crippen molar-refractivity contribution < 1.29 is 22.6 Å². The van der Waals surface area contributed by atoms with Gasteiger partial charge in [0.15, 0.2) is 11.5 Å². The number of halogens is 3. The molecule has 0 aliphatic heterocycles. The first-order valence-electron chi connectivity index (χ1n) is 15.5. The standard InChI is InChI=1S/C37H30Cl3N5O6S/c1-49-32-17-22(18-33(50-2)36(32)51-3)21-41-25-12-14-26(15-13-25)52(47,48)44-45-34(42-31-20-24(38)11-16-27(31)37(45)46)19-23-7-4-5-10-30(23)43-35-28(39)8-6-9-29(35)40/h4-18,20-21,43-44H,19H2,1-3H3. The Kier molecular flexibility index (Phi) is 10.9. The molecule has 0 aliphatic carbocycles. The topological polar surface area (TPSA) is 133 Å². The van der Waals surface area contributed by atoms with Crippen molar-refractivity contribution in [1.82, 2.24) is 9.66 Å². The van der Waals surface area contributed by atoms with Crippen LogP contribution in [0.1, 0.15) is 17.0 Å². The number of para-hydroxylation sites is 2. The Labute approximate surface area is 314 Å². The second kappa shape index (κ2) is 15.5. The van der Waals surface area contributed by atoms with Crippen molar-refractivity contribution in [2.24, 2.45) is 4.99 Å². The maximum atomic E-state index is 13.9. The van der Waals surface area contributed by atoms with Crippen molar-refractivity contribution in [3.63, 3.8) is 0 Å². The summed E-state index contributed by atoms with van der Waals surface area (Å²) >= 11 is 19.1. The minimum Gasteiger partial charge on any atom is -0.493 e. The fraction of sp³-hybridized carbons (Fsp3) is 0.108. The van der Waals surface area contributed by atoms with Gasteiger partial charge in [-0.15, -0.1) is 0 Å². The lowest BCUT2D eigenvalue weighted by Crippen LogP contribution is -2.36. The summed E-state index contributed by atoms with van der Waals surface area (Å²) in [5.74, 6) is 1.47. The summed E-state index contributed by atoms with van der Waals surface area (Å²) in [4.78, 5) is 25.4. The molecule has 11 nitrogen and oxygen atoms in total. The number of rotatable bonds is 12. The molecule has 0 spiro atoms. The number of sulfonamides is 1. The predicted molar refractivity (Wildman–Crippen MR) is 206 cm³/mol. The van der Waals surface area contributed by atoms with E-state index in [1.165, 1.54) is 57.7 Å². The molecule has 0 bridgehead atoms. The Balaban J connectivity index is 1.33. The van der Waals surface area contributed by atoms with Crippen molar-refractivity contribution in [2.45, 2.75) is 11.3 Å². The smallest absolute Gasteiger partial charge is 0.280 e. The zero-order valence-corrected chi connectivity index (χ0v) is 30.9. The zero-order chi connectivity index (χ0) is 37.0. The molecule has 0 saturated heterocycles. The number of hydrogen-bond donors (Lipinski definition) is 2. The van der Waals surface area contributed by atoms with Gasteiger partial charge in [-0.1, -0.05) is 59.1 Å². The highest BCUT2D eigenvalue weighted by molar-refractivity contribution is 7.92. The van der Waals surface area contributed by atoms with Crippen LogP contribution in [-0.2, 0) is 16.4 Å². The molecule has 6 rings (SSSR count). The summed E-state index contributed by atoms with van der Waals surface area (Å²) in [5, 5.41) is 4.61. The van der Waals surface area contributed by atoms with Crippen molar-refractivity contribution in [3.05, 3.63) is 139 Å². The molecular formula is C37H30Cl3N5O6S. The van der Waals surface area contributed by atoms with Gasteiger partial charge in [0.25, 0.3) is 15.6 Å². The summed E-state index contributed by atoms with van der Waals surface area (Å²) < 4.78 is 44.7. The van der Waals surface area contributed by atoms with Crippen molar-refractivity contribution in [1.29, 1.82) is 0 Å². The molecule has 6 aromatic rings. The van der Waals surface area contributed by atoms with Gasteiger partial charge < -0.3 is 19.5 Å². The summed E-state index contributed by atoms with van der Waals surface area (Å²) in [6.45, 7) is 0. The van der Waals surface area contributed by atoms with E-state index in [4.69, 9.17) is 49.0 Å². The molecule has 0 radical (unpaired) electrons. The van der Waals surface area contributed by atoms with Crippen LogP contribution in [0.2, 0.25) is 15.1 Å². The first-order valence-corrected chi connectivity index (χ1v) is 18.1. The predicted octanol–water partition coefficient (Wildman–Crippen LogP) is 8.40. The quantitative estimate of drug-likeness (QED) is 0.118. The van der Waals surface area contributed by atoms with E-state index in [0.29, 0.717) is 66.0 Å². The number of fused-ring (bicyclic) bond motifs is 1. The third-order valence-corrected chi connectivity index (χ3v) is 10.1. The molecular weight excluding hydrogens is 749 g/mol. The molecule has 0 saturated carbocycles. The maximum absolute atomic E-state index is 13.9. The van der Waals surface area contributed by atoms with Crippen molar-refractivity contribution >= 4 is 79.0 Å². The highest BCUT2D eigenvalue weighted by atomic mass is 35.5. The number of nitrogens with zero attached hydrogens (tertiary/aromatic N) is 3. The molecule has 2 N–H and O–H groups in total. The SMILES string of the molecule is COc1cc(C=Nc2ccc(S(=O)(=O)Nn3c(Cc4ccccc4Nc4c(Cl)cccc4Cl)nc4cc(Cl)ccc4c3=O)cc2)cc(OC)c1OC. The second-order valence-corrected chi connectivity index (χ2v) is 14.1. The van der Waals surface area contributed by atoms with Crippen LogP contribution in [-0.4, -0.2) is 45.6 Å². The van der Waals surface area contributed by atoms with E-state index in [9.17, 15) is 13.2 Å². The maximum Gasteiger partial charge on any atom is 0.280 e. The number of anilines is 2. The Morgan fingerprint density at radius 1 is 0.827 bits per heavy atom. The highest BCUT2D eigenvalue weighted by Crippen LogP contribution is 2.38. The van der Waals surface area contributed by atoms with Gasteiger partial charge in [-0.2, -0.15) is 13.1 Å². The van der Waals surface area contributed by atoms with E-state index in [0.717, 1.165) is 4.68 Å². The summed E-state index contributed by atoms with van der Waals surface area (Å²) in [5.41, 5.74) is 2.59. The normalized spacial score (nSPS) is 11.5. The molecule has 266 valence electrons. The molecule has 1 aromatic heterocycles. The Hall–Kier alpha value is -5.27. The molecule has 52 heavy (non-hydrogen) atoms. The molecule has 0 aliphatic rings. The average Bonchev–Trinajstić information content (AvgIpc) is 3.14. The fourth-order valence-corrected chi connectivity index (χ4v) is 7.03. The van der Waals surface area contributed by atoms with Gasteiger partial charge in [-0.3, -0.25) is 9.79 Å². The van der Waals surface area contributed by atoms with Crippen molar-refractivity contribution in [3.8, 4) is 17.2 Å². The second-order valence-electron chi connectivity index (χ2n) is 11.2. The summed E-state index contributed by atoms with van der Waals surface area (Å²) in [6, 6.07) is 26.3. The van der Waals surface area contributed by atoms with Crippen molar-refractivity contribution in [2.75, 3.05) is 31.5 Å². The van der Waals surface area contributed by atoms with Crippen LogP contribution in [0.25, 0.3) is 10.9 Å². The van der Waals surface area contributed by atoms with Crippen LogP contribution >= 0.6 is 34.8 Å². The minimum atomic E-state index is -4.31. The van der Waals surface area contributed by atoms with Gasteiger partial charge in [-0.25, -0.2) is 9.82 Å². The minimum absolute atomic E-state index is 0.0278. The number of ether oxygens (including phenoxy) is 3. The lowest BCUT2D eigenvalue weighted by Gasteiger charge is -2.18. The molecule has 0 atom stereocenters. The number of methoxy groups -OCH3 is 3. The molecule has 15 heteroatoms. The van der Waals surface area contributed by atoms with Gasteiger partial charge >= 0.3 is 0 Å². The zero-order valence-electron chi connectivity index (χ0n) is 27.9. The van der Waals surface area contributed by atoms with Gasteiger partial charge in [0.2, 0.25) is 5.75 Å². The number of benzene rings is 5. The Morgan fingerprint density at radius 3 is 2.15 bits per heavy atom. The number of aromatic nitrogens is 2. The third-order valence-electron chi connectivity index (χ3n) is 7.90. The molecule has 5 aromatic carbocycles. The van der Waals surface area contributed by atoms with E-state index in [1.807, 2.05) is 24.3 Å². The number of aliphatic imine (C=N–C) groups is 1. The van der Waals surface area contributed by atoms with E-state index in [-0.39, 0.29) is 22.5 Å². The lowest BCUT2D eigenvalue weighted by atomic mass is 10.1. The Morgan fingerprint density at radius 2 is 1.50 bits per heavy atom. The lowest BCUT2D eigenvalue weighted by molar-refractivity contribution is 0.324. The largest absolute Gasteiger partial charge is 0.493 e. The number of nitrogens with one attached hydrogen (secondary N) is 2. The van der Waals surface area contributed by atoms with E-state index in [2.05, 4.69) is 20.1 Å². The molecule has 1 heterocycles. The number of hydrogen-bond acceptors (Lipinski definition) is 9. The summed E-state index contributed by atoms with van der Waals surface area (Å²) in [7, 11) is 0.234. The van der Waals surface area contributed by atoms with Crippen LogP contribution < -0.4 is 29.9 Å². The average molecular weight is 779 g/mol. The van der Waals surface area contributed by atoms with E-state index < -0.39 is 15.6 Å².